The van der Waals surface area contributed by atoms with Crippen LogP contribution < -0.4 is 10.0 Å². The summed E-state index contributed by atoms with van der Waals surface area (Å²) in [4.78, 5) is 31.7. The fraction of sp³-hybridized carbons (Fsp3) is 0.312. The monoisotopic (exact) mass is 604 g/mol. The summed E-state index contributed by atoms with van der Waals surface area (Å²) in [5.74, 6) is -2.06. The number of aromatic nitrogens is 1. The number of nitrogens with zero attached hydrogens (tertiary/aromatic N) is 2. The Kier molecular flexibility index (Phi) is 8.33. The van der Waals surface area contributed by atoms with Crippen LogP contribution in [0.5, 0.6) is 0 Å². The Morgan fingerprint density at radius 1 is 1.05 bits per heavy atom. The summed E-state index contributed by atoms with van der Waals surface area (Å²) < 4.78 is 35.1. The minimum Gasteiger partial charge on any atom is -0.477 e. The van der Waals surface area contributed by atoms with Crippen LogP contribution in [0.3, 0.4) is 0 Å². The highest BCUT2D eigenvalue weighted by Crippen LogP contribution is 2.44. The standard InChI is InChI=1S/C32H36N4O6S/c1-21(2)20-36(43(40,41)25-9-5-4-6-10-25)24-18-22(3)17-23(19-24)32(31(33)39,35-13-15-42-16-14-35)28-26-11-7-8-12-27(26)34-29(28)30(37)38/h4-12,17-19,21,34H,13-16,20H2,1-3H3,(H2,33,39)(H,37,38). The lowest BCUT2D eigenvalue weighted by Gasteiger charge is -2.44. The SMILES string of the molecule is Cc1cc(N(CC(C)C)S(=O)(=O)c2ccccc2)cc(C(C(N)=O)(c2c(C(=O)O)[nH]c3ccccc23)N2CCOCC2)c1. The quantitative estimate of drug-likeness (QED) is 0.247. The number of aromatic amines is 1. The van der Waals surface area contributed by atoms with Gasteiger partial charge in [0.05, 0.1) is 23.8 Å². The molecule has 11 heteroatoms. The van der Waals surface area contributed by atoms with Gasteiger partial charge in [-0.05, 0) is 54.3 Å². The van der Waals surface area contributed by atoms with Crippen LogP contribution >= 0.6 is 0 Å². The summed E-state index contributed by atoms with van der Waals surface area (Å²) in [7, 11) is -4.00. The zero-order valence-electron chi connectivity index (χ0n) is 24.4. The topological polar surface area (TPSA) is 146 Å². The highest BCUT2D eigenvalue weighted by atomic mass is 32.2. The fourth-order valence-corrected chi connectivity index (χ4v) is 7.63. The van der Waals surface area contributed by atoms with Gasteiger partial charge in [-0.2, -0.15) is 0 Å². The first kappa shape index (κ1) is 30.3. The van der Waals surface area contributed by atoms with Crippen LogP contribution in [0.15, 0.2) is 77.7 Å². The number of nitrogens with two attached hydrogens (primary N) is 1. The number of aromatic carboxylic acids is 1. The lowest BCUT2D eigenvalue weighted by atomic mass is 9.77. The van der Waals surface area contributed by atoms with Crippen LogP contribution in [0.1, 0.15) is 41.0 Å². The molecule has 1 amide bonds. The average Bonchev–Trinajstić information content (AvgIpc) is 3.37. The molecule has 5 rings (SSSR count). The van der Waals surface area contributed by atoms with Crippen molar-refractivity contribution in [3.8, 4) is 0 Å². The molecule has 0 aliphatic carbocycles. The molecule has 0 radical (unpaired) electrons. The molecule has 1 unspecified atom stereocenters. The number of aryl methyl sites for hydroxylation is 1. The molecule has 4 aromatic rings. The third-order valence-corrected chi connectivity index (χ3v) is 9.56. The number of para-hydroxylation sites is 1. The Morgan fingerprint density at radius 3 is 2.33 bits per heavy atom. The first-order valence-electron chi connectivity index (χ1n) is 14.1. The van der Waals surface area contributed by atoms with Gasteiger partial charge in [0, 0.05) is 36.1 Å². The maximum atomic E-state index is 14.0. The van der Waals surface area contributed by atoms with Crippen molar-refractivity contribution in [3.05, 3.63) is 95.2 Å². The number of carboxylic acid groups (broad SMARTS) is 1. The Labute approximate surface area is 251 Å². The van der Waals surface area contributed by atoms with Gasteiger partial charge < -0.3 is 20.6 Å². The number of carboxylic acids is 1. The predicted molar refractivity (Wildman–Crippen MR) is 165 cm³/mol. The normalized spacial score (nSPS) is 15.8. The molecule has 43 heavy (non-hydrogen) atoms. The summed E-state index contributed by atoms with van der Waals surface area (Å²) in [6, 6.07) is 20.4. The van der Waals surface area contributed by atoms with E-state index in [4.69, 9.17) is 10.5 Å². The van der Waals surface area contributed by atoms with Crippen molar-refractivity contribution >= 4 is 38.5 Å². The summed E-state index contributed by atoms with van der Waals surface area (Å²) in [5.41, 5.74) is 6.59. The van der Waals surface area contributed by atoms with Gasteiger partial charge in [-0.1, -0.05) is 56.3 Å². The van der Waals surface area contributed by atoms with E-state index in [1.165, 1.54) is 4.31 Å². The fourth-order valence-electron chi connectivity index (χ4n) is 5.99. The number of fused-ring (bicyclic) bond motifs is 1. The molecule has 1 fully saturated rings. The number of amides is 1. The van der Waals surface area contributed by atoms with Crippen molar-refractivity contribution in [2.75, 3.05) is 37.2 Å². The molecule has 1 atom stereocenters. The molecule has 1 saturated heterocycles. The zero-order valence-corrected chi connectivity index (χ0v) is 25.2. The van der Waals surface area contributed by atoms with E-state index < -0.39 is 27.4 Å². The van der Waals surface area contributed by atoms with Crippen molar-refractivity contribution in [3.63, 3.8) is 0 Å². The van der Waals surface area contributed by atoms with E-state index in [2.05, 4.69) is 4.98 Å². The Morgan fingerprint density at radius 2 is 1.70 bits per heavy atom. The number of primary amides is 1. The second-order valence-corrected chi connectivity index (χ2v) is 13.1. The summed E-state index contributed by atoms with van der Waals surface area (Å²) >= 11 is 0. The Balaban J connectivity index is 1.85. The van der Waals surface area contributed by atoms with Gasteiger partial charge in [0.1, 0.15) is 5.69 Å². The van der Waals surface area contributed by atoms with Gasteiger partial charge in [0.15, 0.2) is 5.54 Å². The van der Waals surface area contributed by atoms with Gasteiger partial charge in [0.2, 0.25) is 5.91 Å². The highest BCUT2D eigenvalue weighted by Gasteiger charge is 2.51. The van der Waals surface area contributed by atoms with Gasteiger partial charge in [0.25, 0.3) is 10.0 Å². The number of carbonyl (C=O) groups excluding carboxylic acids is 1. The van der Waals surface area contributed by atoms with E-state index in [0.29, 0.717) is 54.0 Å². The van der Waals surface area contributed by atoms with Crippen molar-refractivity contribution < 1.29 is 27.9 Å². The lowest BCUT2D eigenvalue weighted by Crippen LogP contribution is -2.59. The number of morpholine rings is 1. The number of benzene rings is 3. The summed E-state index contributed by atoms with van der Waals surface area (Å²) in [5, 5.41) is 10.9. The number of ether oxygens (including phenoxy) is 1. The molecule has 1 aliphatic heterocycles. The first-order valence-corrected chi connectivity index (χ1v) is 15.6. The van der Waals surface area contributed by atoms with Crippen LogP contribution in [-0.4, -0.2) is 68.1 Å². The van der Waals surface area contributed by atoms with E-state index in [0.717, 1.165) is 0 Å². The molecule has 226 valence electrons. The molecule has 2 heterocycles. The van der Waals surface area contributed by atoms with E-state index in [-0.39, 0.29) is 28.6 Å². The van der Waals surface area contributed by atoms with Crippen molar-refractivity contribution in [2.24, 2.45) is 11.7 Å². The van der Waals surface area contributed by atoms with Crippen LogP contribution in [0.25, 0.3) is 10.9 Å². The Bertz CT molecular complexity index is 1760. The third-order valence-electron chi connectivity index (χ3n) is 7.75. The lowest BCUT2D eigenvalue weighted by molar-refractivity contribution is -0.131. The summed E-state index contributed by atoms with van der Waals surface area (Å²) in [6.45, 7) is 7.04. The third kappa shape index (κ3) is 5.39. The minimum atomic E-state index is -4.00. The molecular formula is C32H36N4O6S. The van der Waals surface area contributed by atoms with Crippen LogP contribution in [0.4, 0.5) is 5.69 Å². The maximum Gasteiger partial charge on any atom is 0.352 e. The molecule has 1 aliphatic rings. The van der Waals surface area contributed by atoms with Gasteiger partial charge >= 0.3 is 5.97 Å². The molecule has 1 aromatic heterocycles. The van der Waals surface area contributed by atoms with E-state index in [1.54, 1.807) is 72.8 Å². The van der Waals surface area contributed by atoms with E-state index in [9.17, 15) is 23.1 Å². The smallest absolute Gasteiger partial charge is 0.352 e. The highest BCUT2D eigenvalue weighted by molar-refractivity contribution is 7.92. The van der Waals surface area contributed by atoms with Crippen molar-refractivity contribution in [1.29, 1.82) is 0 Å². The molecule has 0 spiro atoms. The number of hydrogen-bond acceptors (Lipinski definition) is 6. The molecule has 10 nitrogen and oxygen atoms in total. The summed E-state index contributed by atoms with van der Waals surface area (Å²) in [6.07, 6.45) is 0. The number of hydrogen-bond donors (Lipinski definition) is 3. The Hall–Kier alpha value is -4.19. The van der Waals surface area contributed by atoms with Gasteiger partial charge in [-0.25, -0.2) is 13.2 Å². The first-order chi connectivity index (χ1) is 20.5. The maximum absolute atomic E-state index is 14.0. The van der Waals surface area contributed by atoms with Crippen LogP contribution in [0.2, 0.25) is 0 Å². The van der Waals surface area contributed by atoms with E-state index >= 15 is 0 Å². The van der Waals surface area contributed by atoms with Gasteiger partial charge in [-0.15, -0.1) is 0 Å². The van der Waals surface area contributed by atoms with Crippen molar-refractivity contribution in [1.82, 2.24) is 9.88 Å². The van der Waals surface area contributed by atoms with Gasteiger partial charge in [-0.3, -0.25) is 14.0 Å². The molecule has 3 aromatic carbocycles. The number of sulfonamides is 1. The number of rotatable bonds is 10. The molecule has 0 bridgehead atoms. The zero-order chi connectivity index (χ0) is 30.9. The van der Waals surface area contributed by atoms with Crippen LogP contribution in [-0.2, 0) is 25.1 Å². The number of carbonyl (C=O) groups is 2. The molecule has 0 saturated carbocycles. The second-order valence-electron chi connectivity index (χ2n) is 11.2. The van der Waals surface area contributed by atoms with Crippen LogP contribution in [0, 0.1) is 12.8 Å². The van der Waals surface area contributed by atoms with E-state index in [1.807, 2.05) is 25.7 Å². The second kappa shape index (κ2) is 11.8. The average molecular weight is 605 g/mol. The number of anilines is 1. The minimum absolute atomic E-state index is 0.0326. The number of H-pyrrole nitrogens is 1. The molecular weight excluding hydrogens is 568 g/mol. The largest absolute Gasteiger partial charge is 0.477 e. The van der Waals surface area contributed by atoms with Crippen molar-refractivity contribution in [2.45, 2.75) is 31.2 Å². The number of nitrogens with one attached hydrogen (secondary N) is 1. The predicted octanol–water partition coefficient (Wildman–Crippen LogP) is 4.09. The molecule has 4 N–H and O–H groups in total.